The molecule has 2 rings (SSSR count). The van der Waals surface area contributed by atoms with Crippen LogP contribution < -0.4 is 5.32 Å². The first-order valence-electron chi connectivity index (χ1n) is 7.18. The third kappa shape index (κ3) is 3.96. The minimum Gasteiger partial charge on any atom is -0.481 e. The van der Waals surface area contributed by atoms with E-state index in [0.29, 0.717) is 18.2 Å². The number of aryl methyl sites for hydroxylation is 1. The smallest absolute Gasteiger partial charge is 0.318 e. The number of likely N-dealkylation sites (tertiary alicyclic amines) is 1. The summed E-state index contributed by atoms with van der Waals surface area (Å²) in [4.78, 5) is 28.9. The summed E-state index contributed by atoms with van der Waals surface area (Å²) in [6.07, 6.45) is 4.17. The van der Waals surface area contributed by atoms with Gasteiger partial charge in [-0.2, -0.15) is 0 Å². The average Bonchev–Trinajstić information content (AvgIpc) is 2.85. The minimum absolute atomic E-state index is 0.0140. The highest BCUT2D eigenvalue weighted by Gasteiger charge is 2.29. The van der Waals surface area contributed by atoms with Crippen molar-refractivity contribution in [2.45, 2.75) is 51.6 Å². The van der Waals surface area contributed by atoms with Crippen molar-refractivity contribution in [3.8, 4) is 0 Å². The molecule has 0 saturated carbocycles. The molecule has 2 amide bonds. The molecule has 116 valence electrons. The van der Waals surface area contributed by atoms with Crippen LogP contribution in [0.2, 0.25) is 0 Å². The van der Waals surface area contributed by atoms with E-state index in [2.05, 4.69) is 10.3 Å². The summed E-state index contributed by atoms with van der Waals surface area (Å²) in [5, 5.41) is 11.8. The molecule has 1 aliphatic heterocycles. The SMILES string of the molecule is Cc1cnc(C(C)NC(=O)N2CCCCC2CC(=O)O)o1. The summed E-state index contributed by atoms with van der Waals surface area (Å²) >= 11 is 0. The number of carboxylic acids is 1. The Hall–Kier alpha value is -2.05. The Bertz CT molecular complexity index is 514. The zero-order chi connectivity index (χ0) is 15.4. The van der Waals surface area contributed by atoms with Crippen molar-refractivity contribution in [2.75, 3.05) is 6.54 Å². The van der Waals surface area contributed by atoms with Gasteiger partial charge in [0, 0.05) is 12.6 Å². The fourth-order valence-corrected chi connectivity index (χ4v) is 2.58. The third-order valence-corrected chi connectivity index (χ3v) is 3.65. The maximum absolute atomic E-state index is 12.3. The van der Waals surface area contributed by atoms with Crippen molar-refractivity contribution < 1.29 is 19.1 Å². The molecule has 0 bridgehead atoms. The van der Waals surface area contributed by atoms with Gasteiger partial charge in [-0.3, -0.25) is 4.79 Å². The van der Waals surface area contributed by atoms with Crippen molar-refractivity contribution in [1.29, 1.82) is 0 Å². The number of hydrogen-bond donors (Lipinski definition) is 2. The zero-order valence-corrected chi connectivity index (χ0v) is 12.3. The average molecular weight is 295 g/mol. The summed E-state index contributed by atoms with van der Waals surface area (Å²) in [6.45, 7) is 4.17. The Morgan fingerprint density at radius 2 is 2.33 bits per heavy atom. The van der Waals surface area contributed by atoms with E-state index >= 15 is 0 Å². The number of nitrogens with one attached hydrogen (secondary N) is 1. The van der Waals surface area contributed by atoms with Crippen molar-refractivity contribution >= 4 is 12.0 Å². The number of oxazole rings is 1. The second-order valence-corrected chi connectivity index (χ2v) is 5.42. The molecule has 0 spiro atoms. The fourth-order valence-electron chi connectivity index (χ4n) is 2.58. The van der Waals surface area contributed by atoms with E-state index in [1.165, 1.54) is 0 Å². The molecule has 2 atom stereocenters. The Morgan fingerprint density at radius 3 is 2.95 bits per heavy atom. The summed E-state index contributed by atoms with van der Waals surface area (Å²) in [7, 11) is 0. The molecular weight excluding hydrogens is 274 g/mol. The molecule has 1 aromatic rings. The molecule has 21 heavy (non-hydrogen) atoms. The van der Waals surface area contributed by atoms with Crippen LogP contribution in [0.15, 0.2) is 10.6 Å². The lowest BCUT2D eigenvalue weighted by atomic mass is 10.00. The van der Waals surface area contributed by atoms with Crippen LogP contribution in [0.3, 0.4) is 0 Å². The number of carbonyl (C=O) groups is 2. The number of carboxylic acid groups (broad SMARTS) is 1. The molecule has 1 fully saturated rings. The number of amides is 2. The van der Waals surface area contributed by atoms with Crippen LogP contribution in [0.5, 0.6) is 0 Å². The van der Waals surface area contributed by atoms with E-state index in [9.17, 15) is 9.59 Å². The van der Waals surface area contributed by atoms with Gasteiger partial charge in [0.1, 0.15) is 11.8 Å². The summed E-state index contributed by atoms with van der Waals surface area (Å²) < 4.78 is 5.39. The van der Waals surface area contributed by atoms with Crippen molar-refractivity contribution in [3.05, 3.63) is 17.8 Å². The number of carbonyl (C=O) groups excluding carboxylic acids is 1. The predicted octanol–water partition coefficient (Wildman–Crippen LogP) is 2.08. The summed E-state index contributed by atoms with van der Waals surface area (Å²) in [6, 6.07) is -0.849. The number of aliphatic carboxylic acids is 1. The fraction of sp³-hybridized carbons (Fsp3) is 0.643. The Morgan fingerprint density at radius 1 is 1.57 bits per heavy atom. The van der Waals surface area contributed by atoms with Gasteiger partial charge in [-0.15, -0.1) is 0 Å². The van der Waals surface area contributed by atoms with Crippen LogP contribution >= 0.6 is 0 Å². The van der Waals surface area contributed by atoms with Gasteiger partial charge >= 0.3 is 12.0 Å². The van der Waals surface area contributed by atoms with E-state index in [0.717, 1.165) is 19.3 Å². The highest BCUT2D eigenvalue weighted by molar-refractivity contribution is 5.76. The van der Waals surface area contributed by atoms with Gasteiger partial charge in [0.25, 0.3) is 0 Å². The van der Waals surface area contributed by atoms with Gasteiger partial charge in [-0.25, -0.2) is 9.78 Å². The first kappa shape index (κ1) is 15.3. The molecule has 7 heteroatoms. The standard InChI is InChI=1S/C14H21N3O4/c1-9-8-15-13(21-9)10(2)16-14(20)17-6-4-3-5-11(17)7-12(18)19/h8,10-11H,3-7H2,1-2H3,(H,16,20)(H,18,19). The van der Waals surface area contributed by atoms with E-state index in [4.69, 9.17) is 9.52 Å². The van der Waals surface area contributed by atoms with Gasteiger partial charge in [0.2, 0.25) is 5.89 Å². The number of urea groups is 1. The lowest BCUT2D eigenvalue weighted by Crippen LogP contribution is -2.49. The number of piperidine rings is 1. The number of nitrogens with zero attached hydrogens (tertiary/aromatic N) is 2. The third-order valence-electron chi connectivity index (χ3n) is 3.65. The molecule has 0 aliphatic carbocycles. The molecule has 2 heterocycles. The molecule has 1 aromatic heterocycles. The lowest BCUT2D eigenvalue weighted by Gasteiger charge is -2.35. The maximum atomic E-state index is 12.3. The van der Waals surface area contributed by atoms with Crippen LogP contribution in [0.4, 0.5) is 4.79 Å². The number of hydrogen-bond acceptors (Lipinski definition) is 4. The minimum atomic E-state index is -0.879. The predicted molar refractivity (Wildman–Crippen MR) is 74.8 cm³/mol. The first-order valence-corrected chi connectivity index (χ1v) is 7.18. The highest BCUT2D eigenvalue weighted by Crippen LogP contribution is 2.21. The second kappa shape index (κ2) is 6.60. The van der Waals surface area contributed by atoms with Crippen LogP contribution in [-0.4, -0.2) is 39.6 Å². The van der Waals surface area contributed by atoms with Crippen LogP contribution in [-0.2, 0) is 4.79 Å². The lowest BCUT2D eigenvalue weighted by molar-refractivity contribution is -0.138. The zero-order valence-electron chi connectivity index (χ0n) is 12.3. The molecular formula is C14H21N3O4. The van der Waals surface area contributed by atoms with Crippen LogP contribution in [0.1, 0.15) is 50.3 Å². The molecule has 1 aliphatic rings. The first-order chi connectivity index (χ1) is 9.97. The van der Waals surface area contributed by atoms with E-state index in [1.807, 2.05) is 0 Å². The van der Waals surface area contributed by atoms with E-state index in [-0.39, 0.29) is 24.5 Å². The van der Waals surface area contributed by atoms with E-state index in [1.54, 1.807) is 24.9 Å². The molecule has 2 N–H and O–H groups in total. The summed E-state index contributed by atoms with van der Waals surface area (Å²) in [5.74, 6) is 0.261. The topological polar surface area (TPSA) is 95.7 Å². The van der Waals surface area contributed by atoms with Gasteiger partial charge in [0.15, 0.2) is 0 Å². The van der Waals surface area contributed by atoms with Crippen LogP contribution in [0.25, 0.3) is 0 Å². The molecule has 1 saturated heterocycles. The Kier molecular flexibility index (Phi) is 4.82. The highest BCUT2D eigenvalue weighted by atomic mass is 16.4. The molecule has 0 aromatic carbocycles. The second-order valence-electron chi connectivity index (χ2n) is 5.42. The monoisotopic (exact) mass is 295 g/mol. The summed E-state index contributed by atoms with van der Waals surface area (Å²) in [5.41, 5.74) is 0. The maximum Gasteiger partial charge on any atom is 0.318 e. The van der Waals surface area contributed by atoms with Gasteiger partial charge in [-0.05, 0) is 33.1 Å². The molecule has 2 unspecified atom stereocenters. The van der Waals surface area contributed by atoms with E-state index < -0.39 is 5.97 Å². The Labute approximate surface area is 123 Å². The quantitative estimate of drug-likeness (QED) is 0.886. The Balaban J connectivity index is 1.98. The van der Waals surface area contributed by atoms with Crippen molar-refractivity contribution in [1.82, 2.24) is 15.2 Å². The van der Waals surface area contributed by atoms with Gasteiger partial charge in [0.05, 0.1) is 12.6 Å². The molecule has 7 nitrogen and oxygen atoms in total. The van der Waals surface area contributed by atoms with Crippen molar-refractivity contribution in [3.63, 3.8) is 0 Å². The molecule has 0 radical (unpaired) electrons. The largest absolute Gasteiger partial charge is 0.481 e. The van der Waals surface area contributed by atoms with Gasteiger partial charge in [-0.1, -0.05) is 0 Å². The normalized spacial score (nSPS) is 20.1. The van der Waals surface area contributed by atoms with Crippen molar-refractivity contribution in [2.24, 2.45) is 0 Å². The number of aromatic nitrogens is 1. The van der Waals surface area contributed by atoms with Gasteiger partial charge < -0.3 is 19.7 Å². The van der Waals surface area contributed by atoms with Crippen LogP contribution in [0, 0.1) is 6.92 Å². The number of rotatable bonds is 4.